The van der Waals surface area contributed by atoms with Crippen LogP contribution in [0, 0.1) is 0 Å². The Balaban J connectivity index is 2.48. The Morgan fingerprint density at radius 2 is 2.25 bits per heavy atom. The molecule has 0 aromatic heterocycles. The molecule has 92 valence electrons. The molecule has 0 aromatic rings. The Hall–Kier alpha value is -1.30. The van der Waals surface area contributed by atoms with Gasteiger partial charge in [-0.1, -0.05) is 12.1 Å². The summed E-state index contributed by atoms with van der Waals surface area (Å²) in [6.45, 7) is 7.54. The number of hydrogen-bond acceptors (Lipinski definition) is 4. The van der Waals surface area contributed by atoms with Gasteiger partial charge in [0, 0.05) is 25.7 Å². The topological polar surface area (TPSA) is 82.2 Å². The maximum absolute atomic E-state index is 11.7. The van der Waals surface area contributed by atoms with Crippen LogP contribution in [0.25, 0.3) is 0 Å². The lowest BCUT2D eigenvalue weighted by Gasteiger charge is -2.39. The van der Waals surface area contributed by atoms with E-state index < -0.39 is 0 Å². The zero-order valence-corrected chi connectivity index (χ0v) is 9.89. The maximum Gasteiger partial charge on any atom is 0.230 e. The number of amidine groups is 1. The molecule has 1 aliphatic rings. The van der Waals surface area contributed by atoms with E-state index in [0.717, 1.165) is 19.6 Å². The second kappa shape index (κ2) is 5.69. The summed E-state index contributed by atoms with van der Waals surface area (Å²) in [7, 11) is 0. The first-order chi connectivity index (χ1) is 7.58. The molecule has 0 aromatic carbocycles. The smallest absolute Gasteiger partial charge is 0.230 e. The van der Waals surface area contributed by atoms with Crippen molar-refractivity contribution in [3.63, 3.8) is 0 Å². The minimum Gasteiger partial charge on any atom is -0.409 e. The molecule has 1 atom stereocenters. The lowest BCUT2D eigenvalue weighted by Crippen LogP contribution is -2.53. The van der Waals surface area contributed by atoms with Gasteiger partial charge in [0.2, 0.25) is 5.91 Å². The van der Waals surface area contributed by atoms with Crippen molar-refractivity contribution >= 4 is 11.7 Å². The lowest BCUT2D eigenvalue weighted by atomic mass is 10.2. The summed E-state index contributed by atoms with van der Waals surface area (Å²) in [6.07, 6.45) is -0.00462. The Labute approximate surface area is 95.7 Å². The summed E-state index contributed by atoms with van der Waals surface area (Å²) < 4.78 is 0. The number of nitrogens with zero attached hydrogens (tertiary/aromatic N) is 3. The van der Waals surface area contributed by atoms with Crippen LogP contribution in [0.5, 0.6) is 0 Å². The van der Waals surface area contributed by atoms with Crippen molar-refractivity contribution in [1.82, 2.24) is 9.80 Å². The summed E-state index contributed by atoms with van der Waals surface area (Å²) in [5.41, 5.74) is 5.31. The van der Waals surface area contributed by atoms with Crippen LogP contribution in [-0.4, -0.2) is 59.0 Å². The fourth-order valence-electron chi connectivity index (χ4n) is 1.99. The van der Waals surface area contributed by atoms with Gasteiger partial charge in [-0.3, -0.25) is 9.69 Å². The van der Waals surface area contributed by atoms with E-state index in [-0.39, 0.29) is 18.2 Å². The van der Waals surface area contributed by atoms with Crippen molar-refractivity contribution in [2.75, 3.05) is 26.2 Å². The van der Waals surface area contributed by atoms with Gasteiger partial charge >= 0.3 is 0 Å². The van der Waals surface area contributed by atoms with E-state index in [4.69, 9.17) is 10.9 Å². The van der Waals surface area contributed by atoms with Gasteiger partial charge in [-0.15, -0.1) is 0 Å². The standard InChI is InChI=1S/C10H20N4O2/c1-3-13-4-5-14(7-8(13)2)10(15)6-9(11)12-16/h8,16H,3-7H2,1-2H3,(H2,11,12). The van der Waals surface area contributed by atoms with E-state index >= 15 is 0 Å². The molecule has 1 amide bonds. The highest BCUT2D eigenvalue weighted by Gasteiger charge is 2.25. The van der Waals surface area contributed by atoms with E-state index in [1.54, 1.807) is 4.90 Å². The van der Waals surface area contributed by atoms with Gasteiger partial charge in [0.05, 0.1) is 6.42 Å². The van der Waals surface area contributed by atoms with Crippen molar-refractivity contribution in [2.24, 2.45) is 10.9 Å². The van der Waals surface area contributed by atoms with Gasteiger partial charge in [-0.05, 0) is 13.5 Å². The molecule has 1 unspecified atom stereocenters. The third kappa shape index (κ3) is 3.10. The highest BCUT2D eigenvalue weighted by molar-refractivity contribution is 5.98. The van der Waals surface area contributed by atoms with Gasteiger partial charge in [0.1, 0.15) is 5.84 Å². The van der Waals surface area contributed by atoms with Crippen LogP contribution in [0.4, 0.5) is 0 Å². The fraction of sp³-hybridized carbons (Fsp3) is 0.800. The second-order valence-corrected chi connectivity index (χ2v) is 4.09. The first-order valence-corrected chi connectivity index (χ1v) is 5.56. The number of hydrogen-bond donors (Lipinski definition) is 2. The molecular formula is C10H20N4O2. The van der Waals surface area contributed by atoms with Crippen LogP contribution in [-0.2, 0) is 4.79 Å². The lowest BCUT2D eigenvalue weighted by molar-refractivity contribution is -0.132. The predicted molar refractivity (Wildman–Crippen MR) is 61.3 cm³/mol. The number of carbonyl (C=O) groups excluding carboxylic acids is 1. The third-order valence-corrected chi connectivity index (χ3v) is 2.98. The third-order valence-electron chi connectivity index (χ3n) is 2.98. The first-order valence-electron chi connectivity index (χ1n) is 5.56. The van der Waals surface area contributed by atoms with Gasteiger partial charge in [-0.25, -0.2) is 0 Å². The van der Waals surface area contributed by atoms with Crippen molar-refractivity contribution in [1.29, 1.82) is 0 Å². The van der Waals surface area contributed by atoms with Crippen LogP contribution in [0.2, 0.25) is 0 Å². The molecule has 0 radical (unpaired) electrons. The molecule has 1 heterocycles. The molecule has 0 bridgehead atoms. The Bertz CT molecular complexity index is 280. The molecule has 6 nitrogen and oxygen atoms in total. The number of carbonyl (C=O) groups is 1. The molecule has 1 rings (SSSR count). The number of amides is 1. The minimum absolute atomic E-state index is 0.00462. The van der Waals surface area contributed by atoms with Gasteiger partial charge < -0.3 is 15.8 Å². The Morgan fingerprint density at radius 1 is 1.56 bits per heavy atom. The monoisotopic (exact) mass is 228 g/mol. The Kier molecular flexibility index (Phi) is 4.54. The average molecular weight is 228 g/mol. The zero-order chi connectivity index (χ0) is 12.1. The SMILES string of the molecule is CCN1CCN(C(=O)CC(N)=NO)CC1C. The fourth-order valence-corrected chi connectivity index (χ4v) is 1.99. The maximum atomic E-state index is 11.7. The van der Waals surface area contributed by atoms with Gasteiger partial charge in [0.15, 0.2) is 0 Å². The minimum atomic E-state index is -0.0714. The summed E-state index contributed by atoms with van der Waals surface area (Å²) >= 11 is 0. The molecule has 16 heavy (non-hydrogen) atoms. The average Bonchev–Trinajstić information content (AvgIpc) is 2.28. The van der Waals surface area contributed by atoms with E-state index in [9.17, 15) is 4.79 Å². The van der Waals surface area contributed by atoms with Gasteiger partial charge in [-0.2, -0.15) is 0 Å². The number of piperazine rings is 1. The number of likely N-dealkylation sites (N-methyl/N-ethyl adjacent to an activating group) is 1. The first kappa shape index (κ1) is 12.8. The number of oxime groups is 1. The molecular weight excluding hydrogens is 208 g/mol. The number of nitrogens with two attached hydrogens (primary N) is 1. The van der Waals surface area contributed by atoms with Crippen LogP contribution in [0.1, 0.15) is 20.3 Å². The molecule has 6 heteroatoms. The highest BCUT2D eigenvalue weighted by Crippen LogP contribution is 2.09. The predicted octanol–water partition coefficient (Wildman–Crippen LogP) is -0.324. The zero-order valence-electron chi connectivity index (χ0n) is 9.89. The molecule has 0 saturated carbocycles. The Morgan fingerprint density at radius 3 is 2.75 bits per heavy atom. The van der Waals surface area contributed by atoms with E-state index in [1.807, 2.05) is 0 Å². The number of rotatable bonds is 3. The van der Waals surface area contributed by atoms with Crippen molar-refractivity contribution in [2.45, 2.75) is 26.3 Å². The summed E-state index contributed by atoms with van der Waals surface area (Å²) in [5, 5.41) is 11.2. The van der Waals surface area contributed by atoms with Crippen LogP contribution in [0.3, 0.4) is 0 Å². The normalized spacial score (nSPS) is 23.5. The largest absolute Gasteiger partial charge is 0.409 e. The molecule has 1 saturated heterocycles. The molecule has 1 fully saturated rings. The van der Waals surface area contributed by atoms with Crippen LogP contribution in [0.15, 0.2) is 5.16 Å². The van der Waals surface area contributed by atoms with Crippen LogP contribution >= 0.6 is 0 Å². The summed E-state index contributed by atoms with van der Waals surface area (Å²) in [4.78, 5) is 15.8. The summed E-state index contributed by atoms with van der Waals surface area (Å²) in [5.74, 6) is -0.103. The molecule has 3 N–H and O–H groups in total. The van der Waals surface area contributed by atoms with Crippen LogP contribution < -0.4 is 5.73 Å². The quantitative estimate of drug-likeness (QED) is 0.300. The van der Waals surface area contributed by atoms with Crippen molar-refractivity contribution < 1.29 is 10.0 Å². The highest BCUT2D eigenvalue weighted by atomic mass is 16.4. The summed E-state index contributed by atoms with van der Waals surface area (Å²) in [6, 6.07) is 0.370. The molecule has 0 spiro atoms. The van der Waals surface area contributed by atoms with Gasteiger partial charge in [0.25, 0.3) is 0 Å². The van der Waals surface area contributed by atoms with E-state index in [0.29, 0.717) is 12.6 Å². The molecule has 1 aliphatic heterocycles. The van der Waals surface area contributed by atoms with Crippen molar-refractivity contribution in [3.8, 4) is 0 Å². The molecule has 0 aliphatic carbocycles. The second-order valence-electron chi connectivity index (χ2n) is 4.09. The van der Waals surface area contributed by atoms with E-state index in [2.05, 4.69) is 23.9 Å². The van der Waals surface area contributed by atoms with E-state index in [1.165, 1.54) is 0 Å². The van der Waals surface area contributed by atoms with Crippen molar-refractivity contribution in [3.05, 3.63) is 0 Å².